The number of benzene rings is 1. The second-order valence-electron chi connectivity index (χ2n) is 7.74. The van der Waals surface area contributed by atoms with Gasteiger partial charge in [0.2, 0.25) is 10.0 Å². The second-order valence-corrected chi connectivity index (χ2v) is 9.42. The highest BCUT2D eigenvalue weighted by Gasteiger charge is 2.22. The number of esters is 1. The molecule has 0 radical (unpaired) electrons. The molecule has 0 amide bonds. The van der Waals surface area contributed by atoms with Gasteiger partial charge in [-0.1, -0.05) is 0 Å². The third-order valence-corrected chi connectivity index (χ3v) is 5.82. The van der Waals surface area contributed by atoms with E-state index in [1.54, 1.807) is 27.1 Å². The van der Waals surface area contributed by atoms with E-state index >= 15 is 0 Å². The van der Waals surface area contributed by atoms with Gasteiger partial charge in [-0.3, -0.25) is 0 Å². The predicted octanol–water partition coefficient (Wildman–Crippen LogP) is 1.73. The van der Waals surface area contributed by atoms with Gasteiger partial charge in [-0.2, -0.15) is 0 Å². The molecule has 0 spiro atoms. The average Bonchev–Trinajstić information content (AvgIpc) is 3.08. The number of carbonyl (C=O) groups excluding carboxylic acids is 1. The molecule has 160 valence electrons. The largest absolute Gasteiger partial charge is 0.462 e. The lowest BCUT2D eigenvalue weighted by molar-refractivity contribution is 0.0496. The van der Waals surface area contributed by atoms with Crippen molar-refractivity contribution in [3.63, 3.8) is 0 Å². The summed E-state index contributed by atoms with van der Waals surface area (Å²) in [5, 5.41) is 0. The molecule has 0 saturated heterocycles. The first kappa shape index (κ1) is 21.7. The van der Waals surface area contributed by atoms with Crippen LogP contribution < -0.4 is 10.5 Å². The zero-order valence-electron chi connectivity index (χ0n) is 17.0. The van der Waals surface area contributed by atoms with E-state index < -0.39 is 21.5 Å². The monoisotopic (exact) mass is 432 g/mol. The molecule has 0 aliphatic heterocycles. The van der Waals surface area contributed by atoms with Gasteiger partial charge in [-0.05, 0) is 51.5 Å². The number of nitrogens with two attached hydrogens (primary N) is 1. The number of nitrogens with one attached hydrogen (secondary N) is 1. The lowest BCUT2D eigenvalue weighted by Crippen LogP contribution is -2.40. The molecule has 3 N–H and O–H groups in total. The number of ether oxygens (including phenoxy) is 1. The molecule has 0 unspecified atom stereocenters. The molecule has 0 atom stereocenters. The van der Waals surface area contributed by atoms with Crippen LogP contribution in [0.15, 0.2) is 41.8 Å². The molecule has 0 aliphatic rings. The Morgan fingerprint density at radius 1 is 1.17 bits per heavy atom. The van der Waals surface area contributed by atoms with Gasteiger partial charge < -0.3 is 15.0 Å². The number of hydrogen-bond donors (Lipinski definition) is 2. The molecule has 2 aromatic heterocycles. The van der Waals surface area contributed by atoms with Crippen LogP contribution in [0, 0.1) is 0 Å². The van der Waals surface area contributed by atoms with Gasteiger partial charge in [-0.25, -0.2) is 32.9 Å². The molecular formula is C19H24N6O4S. The number of nitrogens with zero attached hydrogens (tertiary/aromatic N) is 4. The Hall–Kier alpha value is -3.05. The molecule has 10 nitrogen and oxygen atoms in total. The molecule has 0 bridgehead atoms. The second kappa shape index (κ2) is 8.36. The summed E-state index contributed by atoms with van der Waals surface area (Å²) in [4.78, 5) is 24.5. The number of hydrogen-bond acceptors (Lipinski definition) is 8. The standard InChI is InChI=1S/C19H24N6O4S/c1-19(2,3)24-30(27,28)14-7-5-13(6-8-14)18(26)29-10-4-9-25-12-23-15-16(20)21-11-22-17(15)25/h5-8,11-12,24H,4,9-10H2,1-3H3,(H2,20,21,22). The minimum atomic E-state index is -3.66. The Morgan fingerprint density at radius 2 is 1.87 bits per heavy atom. The SMILES string of the molecule is CC(C)(C)NS(=O)(=O)c1ccc(C(=O)OCCCn2cnc3c(N)ncnc32)cc1. The Kier molecular flexibility index (Phi) is 6.04. The fourth-order valence-corrected chi connectivity index (χ4v) is 4.20. The van der Waals surface area contributed by atoms with Crippen LogP contribution in [0.3, 0.4) is 0 Å². The summed E-state index contributed by atoms with van der Waals surface area (Å²) >= 11 is 0. The number of imidazole rings is 1. The highest BCUT2D eigenvalue weighted by molar-refractivity contribution is 7.89. The van der Waals surface area contributed by atoms with Crippen LogP contribution in [0.25, 0.3) is 11.2 Å². The normalized spacial score (nSPS) is 12.2. The number of sulfonamides is 1. The van der Waals surface area contributed by atoms with E-state index in [9.17, 15) is 13.2 Å². The summed E-state index contributed by atoms with van der Waals surface area (Å²) in [6, 6.07) is 5.63. The number of rotatable bonds is 7. The highest BCUT2D eigenvalue weighted by Crippen LogP contribution is 2.16. The van der Waals surface area contributed by atoms with Crippen molar-refractivity contribution in [2.45, 2.75) is 44.2 Å². The van der Waals surface area contributed by atoms with Crippen LogP contribution in [-0.2, 0) is 21.3 Å². The predicted molar refractivity (Wildman–Crippen MR) is 111 cm³/mol. The third-order valence-electron chi connectivity index (χ3n) is 4.05. The van der Waals surface area contributed by atoms with E-state index in [1.807, 2.05) is 4.57 Å². The summed E-state index contributed by atoms with van der Waals surface area (Å²) in [5.41, 5.74) is 6.58. The molecule has 30 heavy (non-hydrogen) atoms. The minimum Gasteiger partial charge on any atom is -0.462 e. The van der Waals surface area contributed by atoms with Crippen molar-refractivity contribution in [1.82, 2.24) is 24.2 Å². The van der Waals surface area contributed by atoms with Crippen molar-refractivity contribution in [2.24, 2.45) is 0 Å². The van der Waals surface area contributed by atoms with E-state index in [0.29, 0.717) is 29.9 Å². The molecule has 11 heteroatoms. The molecule has 0 aliphatic carbocycles. The molecule has 0 saturated carbocycles. The maximum atomic E-state index is 12.3. The zero-order valence-corrected chi connectivity index (χ0v) is 17.8. The van der Waals surface area contributed by atoms with Crippen molar-refractivity contribution >= 4 is 33.0 Å². The Morgan fingerprint density at radius 3 is 2.53 bits per heavy atom. The van der Waals surface area contributed by atoms with E-state index in [0.717, 1.165) is 0 Å². The average molecular weight is 433 g/mol. The molecule has 0 fully saturated rings. The Balaban J connectivity index is 1.54. The fraction of sp³-hybridized carbons (Fsp3) is 0.368. The lowest BCUT2D eigenvalue weighted by atomic mass is 10.1. The zero-order chi connectivity index (χ0) is 21.9. The van der Waals surface area contributed by atoms with E-state index in [1.165, 1.54) is 30.6 Å². The number of nitrogen functional groups attached to an aromatic ring is 1. The van der Waals surface area contributed by atoms with Gasteiger partial charge in [0.25, 0.3) is 0 Å². The first-order chi connectivity index (χ1) is 14.1. The first-order valence-corrected chi connectivity index (χ1v) is 10.8. The lowest BCUT2D eigenvalue weighted by Gasteiger charge is -2.20. The van der Waals surface area contributed by atoms with Crippen molar-refractivity contribution in [1.29, 1.82) is 0 Å². The fourth-order valence-electron chi connectivity index (χ4n) is 2.78. The summed E-state index contributed by atoms with van der Waals surface area (Å²) < 4.78 is 34.3. The van der Waals surface area contributed by atoms with Crippen LogP contribution in [-0.4, -0.2) is 46.1 Å². The van der Waals surface area contributed by atoms with Gasteiger partial charge in [0.1, 0.15) is 11.8 Å². The van der Waals surface area contributed by atoms with Crippen molar-refractivity contribution in [3.8, 4) is 0 Å². The minimum absolute atomic E-state index is 0.0854. The number of carbonyl (C=O) groups is 1. The maximum absolute atomic E-state index is 12.3. The third kappa shape index (κ3) is 5.10. The molecular weight excluding hydrogens is 408 g/mol. The number of aryl methyl sites for hydroxylation is 1. The topological polar surface area (TPSA) is 142 Å². The van der Waals surface area contributed by atoms with Gasteiger partial charge in [-0.15, -0.1) is 0 Å². The summed E-state index contributed by atoms with van der Waals surface area (Å²) in [6.45, 7) is 5.99. The van der Waals surface area contributed by atoms with E-state index in [4.69, 9.17) is 10.5 Å². The van der Waals surface area contributed by atoms with E-state index in [2.05, 4.69) is 19.7 Å². The Labute approximate surface area is 174 Å². The Bertz CT molecular complexity index is 1150. The van der Waals surface area contributed by atoms with Gasteiger partial charge >= 0.3 is 5.97 Å². The van der Waals surface area contributed by atoms with Crippen LogP contribution >= 0.6 is 0 Å². The highest BCUT2D eigenvalue weighted by atomic mass is 32.2. The van der Waals surface area contributed by atoms with Gasteiger partial charge in [0, 0.05) is 12.1 Å². The first-order valence-electron chi connectivity index (χ1n) is 9.29. The van der Waals surface area contributed by atoms with E-state index in [-0.39, 0.29) is 17.1 Å². The number of aromatic nitrogens is 4. The maximum Gasteiger partial charge on any atom is 0.338 e. The molecule has 3 aromatic rings. The smallest absolute Gasteiger partial charge is 0.338 e. The van der Waals surface area contributed by atoms with Gasteiger partial charge in [0.15, 0.2) is 11.5 Å². The van der Waals surface area contributed by atoms with Crippen LogP contribution in [0.4, 0.5) is 5.82 Å². The molecule has 2 heterocycles. The van der Waals surface area contributed by atoms with Crippen LogP contribution in [0.2, 0.25) is 0 Å². The van der Waals surface area contributed by atoms with Crippen molar-refractivity contribution < 1.29 is 17.9 Å². The number of anilines is 1. The van der Waals surface area contributed by atoms with Gasteiger partial charge in [0.05, 0.1) is 23.4 Å². The summed E-state index contributed by atoms with van der Waals surface area (Å²) in [5.74, 6) is -0.210. The molecule has 1 aromatic carbocycles. The van der Waals surface area contributed by atoms with Crippen molar-refractivity contribution in [3.05, 3.63) is 42.5 Å². The van der Waals surface area contributed by atoms with Crippen molar-refractivity contribution in [2.75, 3.05) is 12.3 Å². The number of fused-ring (bicyclic) bond motifs is 1. The van der Waals surface area contributed by atoms with Crippen LogP contribution in [0.1, 0.15) is 37.6 Å². The quantitative estimate of drug-likeness (QED) is 0.424. The summed E-state index contributed by atoms with van der Waals surface area (Å²) in [7, 11) is -3.66. The summed E-state index contributed by atoms with van der Waals surface area (Å²) in [6.07, 6.45) is 3.53. The van der Waals surface area contributed by atoms with Crippen LogP contribution in [0.5, 0.6) is 0 Å². The molecule has 3 rings (SSSR count).